The average molecular weight is 1450 g/mol. The first kappa shape index (κ1) is 78.6. The molecule has 2 aromatic heterocycles. The van der Waals surface area contributed by atoms with E-state index in [-0.39, 0.29) is 140 Å². The summed E-state index contributed by atoms with van der Waals surface area (Å²) in [6.45, 7) is 11.8. The quantitative estimate of drug-likeness (QED) is 0.0118. The third-order valence-electron chi connectivity index (χ3n) is 13.7. The lowest BCUT2D eigenvalue weighted by Crippen LogP contribution is -2.42. The molecule has 91 heavy (non-hydrogen) atoms. The Hall–Kier alpha value is -6.65. The van der Waals surface area contributed by atoms with Gasteiger partial charge in [-0.2, -0.15) is 13.5 Å². The Bertz CT molecular complexity index is 3600. The summed E-state index contributed by atoms with van der Waals surface area (Å²) in [5, 5.41) is 34.5. The Morgan fingerprint density at radius 3 is 1.45 bits per heavy atom. The zero-order valence-corrected chi connectivity index (χ0v) is 57.2. The largest absolute Gasteiger partial charge is 0.505 e. The molecule has 3 heterocycles. The summed E-state index contributed by atoms with van der Waals surface area (Å²) in [4.78, 5) is 102. The number of amidine groups is 2. The van der Waals surface area contributed by atoms with E-state index >= 15 is 0 Å². The van der Waals surface area contributed by atoms with Gasteiger partial charge < -0.3 is 51.9 Å². The Labute approximate surface area is 572 Å². The van der Waals surface area contributed by atoms with Crippen molar-refractivity contribution in [2.45, 2.75) is 111 Å². The molecule has 1 aliphatic rings. The van der Waals surface area contributed by atoms with Gasteiger partial charge in [-0.15, -0.1) is 22.7 Å². The molecule has 0 aliphatic carbocycles. The number of ether oxygens (including phenoxy) is 1. The van der Waals surface area contributed by atoms with Crippen LogP contribution in [-0.4, -0.2) is 115 Å². The number of thiophene rings is 2. The van der Waals surface area contributed by atoms with Gasteiger partial charge in [-0.05, 0) is 138 Å². The summed E-state index contributed by atoms with van der Waals surface area (Å²) < 4.78 is 18.4. The molecule has 1 fully saturated rings. The van der Waals surface area contributed by atoms with Crippen molar-refractivity contribution in [3.8, 4) is 10.4 Å². The van der Waals surface area contributed by atoms with E-state index in [0.29, 0.717) is 26.7 Å². The van der Waals surface area contributed by atoms with Gasteiger partial charge in [0, 0.05) is 60.7 Å². The lowest BCUT2D eigenvalue weighted by Gasteiger charge is -2.32. The molecule has 29 heteroatoms. The zero-order chi connectivity index (χ0) is 66.1. The number of hydrogen-bond donors (Lipinski definition) is 9. The molecule has 11 N–H and O–H groups in total. The van der Waals surface area contributed by atoms with Gasteiger partial charge in [-0.1, -0.05) is 100 Å². The smallest absolute Gasteiger partial charge is 0.480 e. The number of carbonyl (C=O) groups excluding carboxylic acids is 7. The number of carboxylic acid groups (broad SMARTS) is 1. The van der Waals surface area contributed by atoms with Crippen LogP contribution in [0.3, 0.4) is 0 Å². The molecule has 0 bridgehead atoms. The number of ketones is 2. The molecule has 1 saturated heterocycles. The van der Waals surface area contributed by atoms with Crippen LogP contribution < -0.4 is 37.5 Å². The van der Waals surface area contributed by atoms with Crippen molar-refractivity contribution in [3.63, 3.8) is 0 Å². The standard InChI is InChI=1S/C27H26Cl2N4O5S.C23H23BrCl2N4O5.C11H17BO2S.CH4.H2S/c1-14-5-8-22(39-14)17-11-19(28)24(20(29)12-17)26(36)33-21(27(37)38)7-6-18(34)13-32-25(35)16-4-2-3-15(9-16)10-23(30)31;1-35-23(34)18(30-22(33)20-16(25)9-14(24)10-17(20)26)6-5-15(31)11-29-21(32)13-4-2-3-12(7-13)8-19(27)28;1-8-6-7-9(15-8)12-13-10(2,3)11(4,5)14-12;;/h2-5,8-9,11-12,21H,6-7,10,13H2,1H3,(H3,30,31)(H,32,35)(H,33,36)(H,37,38);2-4,7,9-10,18H,5-6,8,11H2,1H3,(H3,27,28)(H,29,32)(H,30,33);6-7H,1-5H3;1H4;1H2/t21-;18-;;;/m00.../s1. The number of amides is 4. The highest BCUT2D eigenvalue weighted by Crippen LogP contribution is 2.38. The number of benzene rings is 4. The number of nitrogens with one attached hydrogen (secondary N) is 6. The van der Waals surface area contributed by atoms with E-state index in [0.717, 1.165) is 27.2 Å². The first-order chi connectivity index (χ1) is 41.8. The van der Waals surface area contributed by atoms with Crippen molar-refractivity contribution in [2.24, 2.45) is 11.5 Å². The number of aryl methyl sites for hydroxylation is 2. The van der Waals surface area contributed by atoms with E-state index in [1.165, 1.54) is 28.3 Å². The molecular formula is C62H72BBrCl4N8O12S3. The highest BCUT2D eigenvalue weighted by Gasteiger charge is 2.52. The summed E-state index contributed by atoms with van der Waals surface area (Å²) in [6, 6.07) is 24.7. The summed E-state index contributed by atoms with van der Waals surface area (Å²) in [7, 11) is 0.956. The monoisotopic (exact) mass is 1450 g/mol. The number of aliphatic carboxylic acids is 1. The van der Waals surface area contributed by atoms with Crippen LogP contribution in [0.25, 0.3) is 10.4 Å². The predicted molar refractivity (Wildman–Crippen MR) is 370 cm³/mol. The van der Waals surface area contributed by atoms with E-state index in [2.05, 4.69) is 83.9 Å². The number of halogens is 5. The van der Waals surface area contributed by atoms with Gasteiger partial charge in [0.15, 0.2) is 11.6 Å². The number of carboxylic acids is 1. The first-order valence-electron chi connectivity index (χ1n) is 27.3. The van der Waals surface area contributed by atoms with Crippen LogP contribution in [-0.2, 0) is 46.1 Å². The average Bonchev–Trinajstić information content (AvgIpc) is 1.68. The zero-order valence-electron chi connectivity index (χ0n) is 49.9. The van der Waals surface area contributed by atoms with Crippen molar-refractivity contribution in [1.82, 2.24) is 21.3 Å². The molecule has 488 valence electrons. The molecule has 0 unspecified atom stereocenters. The van der Waals surface area contributed by atoms with Gasteiger partial charge in [-0.25, -0.2) is 9.59 Å². The Morgan fingerprint density at radius 1 is 0.637 bits per heavy atom. The van der Waals surface area contributed by atoms with E-state index in [1.807, 2.05) is 19.1 Å². The van der Waals surface area contributed by atoms with Crippen LogP contribution in [0.1, 0.15) is 123 Å². The minimum atomic E-state index is -1.38. The molecule has 0 radical (unpaired) electrons. The number of esters is 1. The highest BCUT2D eigenvalue weighted by molar-refractivity contribution is 9.10. The first-order valence-corrected chi connectivity index (χ1v) is 31.2. The topological polar surface area (TPSA) is 332 Å². The number of Topliss-reactive ketones (excluding diaryl/α,β-unsaturated/α-hetero) is 2. The molecule has 4 aromatic carbocycles. The second-order valence-corrected chi connectivity index (χ2v) is 26.4. The van der Waals surface area contributed by atoms with Crippen LogP contribution in [0.5, 0.6) is 0 Å². The van der Waals surface area contributed by atoms with Crippen molar-refractivity contribution < 1.29 is 57.5 Å². The maximum absolute atomic E-state index is 12.9. The Balaban J connectivity index is 0.000000382. The SMILES string of the molecule is C.COC(=O)[C@H](CCC(=O)CNC(=O)c1cccc(CC(=N)N)c1)NC(=O)c1c(Cl)cc(Br)cc1Cl.Cc1ccc(-c2cc(Cl)c(C(=O)N[C@@H](CCC(=O)CNC(=O)c3cccc(CC(=N)N)c3)C(=O)O)c(Cl)c2)s1.Cc1ccc(B2OC(C)(C)C(C)(C)O2)s1.S. The maximum atomic E-state index is 12.9. The van der Waals surface area contributed by atoms with E-state index in [4.69, 9.17) is 82.7 Å². The van der Waals surface area contributed by atoms with Crippen LogP contribution in [0.2, 0.25) is 20.1 Å². The third-order valence-corrected chi connectivity index (χ3v) is 17.4. The molecule has 0 spiro atoms. The van der Waals surface area contributed by atoms with E-state index < -0.39 is 53.4 Å². The number of nitrogens with two attached hydrogens (primary N) is 2. The van der Waals surface area contributed by atoms with Crippen LogP contribution >= 0.6 is 98.5 Å². The van der Waals surface area contributed by atoms with Gasteiger partial charge in [0.05, 0.1) is 74.3 Å². The van der Waals surface area contributed by atoms with Crippen LogP contribution in [0, 0.1) is 24.7 Å². The van der Waals surface area contributed by atoms with Crippen LogP contribution in [0.4, 0.5) is 0 Å². The fraction of sp³-hybridized carbons (Fsp3) is 0.323. The predicted octanol–water partition coefficient (Wildman–Crippen LogP) is 10.9. The normalized spacial score (nSPS) is 13.1. The Morgan fingerprint density at radius 2 is 1.05 bits per heavy atom. The van der Waals surface area contributed by atoms with Gasteiger partial charge in [0.25, 0.3) is 23.6 Å². The van der Waals surface area contributed by atoms with Gasteiger partial charge in [0.1, 0.15) is 12.1 Å². The summed E-state index contributed by atoms with van der Waals surface area (Å²) in [5.74, 6) is -5.39. The highest BCUT2D eigenvalue weighted by atomic mass is 79.9. The summed E-state index contributed by atoms with van der Waals surface area (Å²) in [5.41, 5.74) is 12.9. The maximum Gasteiger partial charge on any atom is 0.505 e. The van der Waals surface area contributed by atoms with Gasteiger partial charge >= 0.3 is 19.1 Å². The molecule has 2 atom stereocenters. The van der Waals surface area contributed by atoms with E-state index in [1.54, 1.807) is 72.0 Å². The minimum Gasteiger partial charge on any atom is -0.480 e. The van der Waals surface area contributed by atoms with Gasteiger partial charge in [0.2, 0.25) is 0 Å². The fourth-order valence-electron chi connectivity index (χ4n) is 8.36. The molecule has 6 aromatic rings. The van der Waals surface area contributed by atoms with Gasteiger partial charge in [-0.3, -0.25) is 39.6 Å². The van der Waals surface area contributed by atoms with E-state index in [9.17, 15) is 43.5 Å². The van der Waals surface area contributed by atoms with Crippen molar-refractivity contribution in [3.05, 3.63) is 165 Å². The molecule has 1 aliphatic heterocycles. The van der Waals surface area contributed by atoms with Crippen molar-refractivity contribution in [1.29, 1.82) is 10.8 Å². The lowest BCUT2D eigenvalue weighted by molar-refractivity contribution is -0.143. The molecule has 7 rings (SSSR count). The minimum absolute atomic E-state index is 0. The number of hydrogen-bond acceptors (Lipinski definition) is 15. The molecular weight excluding hydrogens is 1380 g/mol. The second-order valence-electron chi connectivity index (χ2n) is 21.2. The fourth-order valence-corrected chi connectivity index (χ4v) is 12.1. The number of rotatable bonds is 24. The number of methoxy groups -OCH3 is 1. The van der Waals surface area contributed by atoms with Crippen LogP contribution in [0.15, 0.2) is 102 Å². The number of carbonyl (C=O) groups is 8. The molecule has 20 nitrogen and oxygen atoms in total. The Kier molecular flexibility index (Phi) is 31.1. The molecule has 0 saturated carbocycles. The molecule has 4 amide bonds. The summed E-state index contributed by atoms with van der Waals surface area (Å²) in [6.07, 6.45) is -0.195. The lowest BCUT2D eigenvalue weighted by atomic mass is 9.88. The summed E-state index contributed by atoms with van der Waals surface area (Å²) >= 11 is 31.4. The third kappa shape index (κ3) is 23.8. The van der Waals surface area contributed by atoms with Crippen molar-refractivity contribution in [2.75, 3.05) is 20.2 Å². The second kappa shape index (κ2) is 36.0. The van der Waals surface area contributed by atoms with Crippen molar-refractivity contribution >= 4 is 169 Å².